The Morgan fingerprint density at radius 3 is 2.62 bits per heavy atom. The Hall–Kier alpha value is -1.46. The zero-order chi connectivity index (χ0) is 18.5. The molecule has 2 amide bonds. The SMILES string of the molecule is O=C(CCCOc1ccc(Cl)cc1Cl)NNC(=O)C[C@H]1C[C@@H]2CC[C@H]1C2. The maximum Gasteiger partial charge on any atom is 0.238 e. The first-order valence-electron chi connectivity index (χ1n) is 9.17. The molecule has 2 aliphatic carbocycles. The fourth-order valence-corrected chi connectivity index (χ4v) is 4.59. The van der Waals surface area contributed by atoms with Gasteiger partial charge in [0.1, 0.15) is 5.75 Å². The third-order valence-electron chi connectivity index (χ3n) is 5.37. The fraction of sp³-hybridized carbons (Fsp3) is 0.579. The molecule has 1 aromatic rings. The van der Waals surface area contributed by atoms with Crippen LogP contribution in [0.4, 0.5) is 0 Å². The number of fused-ring (bicyclic) bond motifs is 2. The van der Waals surface area contributed by atoms with E-state index in [4.69, 9.17) is 27.9 Å². The minimum atomic E-state index is -0.225. The fourth-order valence-electron chi connectivity index (χ4n) is 4.12. The number of hydrazine groups is 1. The molecule has 2 N–H and O–H groups in total. The number of hydrogen-bond donors (Lipinski definition) is 2. The quantitative estimate of drug-likeness (QED) is 0.535. The number of carbonyl (C=O) groups is 2. The summed E-state index contributed by atoms with van der Waals surface area (Å²) in [6.07, 6.45) is 6.32. The van der Waals surface area contributed by atoms with Crippen LogP contribution in [0.5, 0.6) is 5.75 Å². The number of halogens is 2. The molecule has 0 aliphatic heterocycles. The van der Waals surface area contributed by atoms with Gasteiger partial charge in [-0.3, -0.25) is 20.4 Å². The van der Waals surface area contributed by atoms with Crippen LogP contribution < -0.4 is 15.6 Å². The number of nitrogens with one attached hydrogen (secondary N) is 2. The van der Waals surface area contributed by atoms with Crippen LogP contribution in [0, 0.1) is 17.8 Å². The Balaban J connectivity index is 1.27. The maximum atomic E-state index is 12.0. The minimum absolute atomic E-state index is 0.0971. The van der Waals surface area contributed by atoms with Crippen LogP contribution in [-0.2, 0) is 9.59 Å². The van der Waals surface area contributed by atoms with Crippen molar-refractivity contribution >= 4 is 35.0 Å². The van der Waals surface area contributed by atoms with Crippen LogP contribution in [0.25, 0.3) is 0 Å². The highest BCUT2D eigenvalue weighted by Gasteiger charge is 2.40. The third-order valence-corrected chi connectivity index (χ3v) is 5.90. The van der Waals surface area contributed by atoms with Crippen molar-refractivity contribution in [2.45, 2.75) is 44.9 Å². The predicted octanol–water partition coefficient (Wildman–Crippen LogP) is 4.13. The summed E-state index contributed by atoms with van der Waals surface area (Å²) in [5, 5.41) is 0.984. The Morgan fingerprint density at radius 2 is 1.92 bits per heavy atom. The second-order valence-electron chi connectivity index (χ2n) is 7.26. The number of ether oxygens (including phenoxy) is 1. The van der Waals surface area contributed by atoms with Gasteiger partial charge in [0.25, 0.3) is 0 Å². The molecular weight excluding hydrogens is 375 g/mol. The van der Waals surface area contributed by atoms with Crippen molar-refractivity contribution in [2.75, 3.05) is 6.61 Å². The Morgan fingerprint density at radius 1 is 1.12 bits per heavy atom. The molecule has 0 heterocycles. The molecule has 0 radical (unpaired) electrons. The largest absolute Gasteiger partial charge is 0.492 e. The van der Waals surface area contributed by atoms with Crippen LogP contribution in [-0.4, -0.2) is 18.4 Å². The number of carbonyl (C=O) groups excluding carboxylic acids is 2. The Kier molecular flexibility index (Phi) is 6.65. The maximum absolute atomic E-state index is 12.0. The molecule has 26 heavy (non-hydrogen) atoms. The number of hydrogen-bond acceptors (Lipinski definition) is 3. The molecule has 1 aromatic carbocycles. The van der Waals surface area contributed by atoms with Crippen LogP contribution in [0.15, 0.2) is 18.2 Å². The van der Waals surface area contributed by atoms with Crippen LogP contribution >= 0.6 is 23.2 Å². The summed E-state index contributed by atoms with van der Waals surface area (Å²) >= 11 is 11.8. The molecule has 142 valence electrons. The van der Waals surface area contributed by atoms with Crippen molar-refractivity contribution in [3.63, 3.8) is 0 Å². The second kappa shape index (κ2) is 8.96. The van der Waals surface area contributed by atoms with Gasteiger partial charge in [-0.1, -0.05) is 29.6 Å². The van der Waals surface area contributed by atoms with Gasteiger partial charge < -0.3 is 4.74 Å². The topological polar surface area (TPSA) is 67.4 Å². The van der Waals surface area contributed by atoms with Crippen LogP contribution in [0.2, 0.25) is 10.0 Å². The zero-order valence-electron chi connectivity index (χ0n) is 14.6. The molecule has 7 heteroatoms. The smallest absolute Gasteiger partial charge is 0.238 e. The van der Waals surface area contributed by atoms with Crippen molar-refractivity contribution in [2.24, 2.45) is 17.8 Å². The Labute approximate surface area is 163 Å². The van der Waals surface area contributed by atoms with E-state index in [0.29, 0.717) is 47.1 Å². The first kappa shape index (κ1) is 19.3. The van der Waals surface area contributed by atoms with Gasteiger partial charge in [0, 0.05) is 17.9 Å². The molecule has 0 aromatic heterocycles. The molecule has 2 saturated carbocycles. The molecule has 2 aliphatic rings. The average molecular weight is 399 g/mol. The van der Waals surface area contributed by atoms with E-state index in [1.807, 2.05) is 0 Å². The summed E-state index contributed by atoms with van der Waals surface area (Å²) in [5.74, 6) is 2.23. The second-order valence-corrected chi connectivity index (χ2v) is 8.11. The van der Waals surface area contributed by atoms with Gasteiger partial charge in [-0.05, 0) is 61.6 Å². The molecule has 2 fully saturated rings. The zero-order valence-corrected chi connectivity index (χ0v) is 16.1. The lowest BCUT2D eigenvalue weighted by Crippen LogP contribution is -2.42. The molecule has 0 unspecified atom stereocenters. The monoisotopic (exact) mass is 398 g/mol. The number of benzene rings is 1. The first-order chi connectivity index (χ1) is 12.5. The van der Waals surface area contributed by atoms with E-state index in [1.165, 1.54) is 19.3 Å². The number of amides is 2. The highest BCUT2D eigenvalue weighted by atomic mass is 35.5. The highest BCUT2D eigenvalue weighted by molar-refractivity contribution is 6.35. The van der Waals surface area contributed by atoms with E-state index in [0.717, 1.165) is 12.3 Å². The van der Waals surface area contributed by atoms with Gasteiger partial charge in [0.15, 0.2) is 0 Å². The van der Waals surface area contributed by atoms with Gasteiger partial charge in [0.05, 0.1) is 11.6 Å². The summed E-state index contributed by atoms with van der Waals surface area (Å²) in [4.78, 5) is 23.8. The lowest BCUT2D eigenvalue weighted by Gasteiger charge is -2.20. The van der Waals surface area contributed by atoms with Crippen LogP contribution in [0.3, 0.4) is 0 Å². The predicted molar refractivity (Wildman–Crippen MR) is 101 cm³/mol. The summed E-state index contributed by atoms with van der Waals surface area (Å²) in [6.45, 7) is 0.355. The average Bonchev–Trinajstić information content (AvgIpc) is 3.21. The van der Waals surface area contributed by atoms with Crippen molar-refractivity contribution in [3.8, 4) is 5.75 Å². The summed E-state index contributed by atoms with van der Waals surface area (Å²) in [5.41, 5.74) is 5.01. The van der Waals surface area contributed by atoms with E-state index >= 15 is 0 Å². The lowest BCUT2D eigenvalue weighted by atomic mass is 9.86. The Bertz CT molecular complexity index is 668. The van der Waals surface area contributed by atoms with E-state index in [1.54, 1.807) is 18.2 Å². The lowest BCUT2D eigenvalue weighted by molar-refractivity contribution is -0.129. The standard InChI is InChI=1S/C19H24Cl2N2O3/c20-15-5-6-17(16(21)11-15)26-7-1-2-18(24)22-23-19(25)10-14-9-12-3-4-13(14)8-12/h5-6,11-14H,1-4,7-10H2,(H,22,24)(H,23,25)/t12-,13+,14-/m1/s1. The summed E-state index contributed by atoms with van der Waals surface area (Å²) < 4.78 is 5.53. The van der Waals surface area contributed by atoms with Gasteiger partial charge in [-0.2, -0.15) is 0 Å². The highest BCUT2D eigenvalue weighted by Crippen LogP contribution is 2.49. The van der Waals surface area contributed by atoms with E-state index in [-0.39, 0.29) is 18.2 Å². The van der Waals surface area contributed by atoms with Crippen molar-refractivity contribution in [1.82, 2.24) is 10.9 Å². The summed E-state index contributed by atoms with van der Waals surface area (Å²) in [7, 11) is 0. The van der Waals surface area contributed by atoms with Crippen LogP contribution in [0.1, 0.15) is 44.9 Å². The van der Waals surface area contributed by atoms with E-state index in [2.05, 4.69) is 10.9 Å². The first-order valence-corrected chi connectivity index (χ1v) is 9.92. The van der Waals surface area contributed by atoms with Gasteiger partial charge in [-0.25, -0.2) is 0 Å². The van der Waals surface area contributed by atoms with Gasteiger partial charge >= 0.3 is 0 Å². The minimum Gasteiger partial charge on any atom is -0.492 e. The van der Waals surface area contributed by atoms with E-state index < -0.39 is 0 Å². The van der Waals surface area contributed by atoms with Crippen molar-refractivity contribution in [1.29, 1.82) is 0 Å². The normalized spacial score (nSPS) is 23.7. The van der Waals surface area contributed by atoms with E-state index in [9.17, 15) is 9.59 Å². The van der Waals surface area contributed by atoms with Gasteiger partial charge in [-0.15, -0.1) is 0 Å². The molecule has 0 spiro atoms. The number of rotatable bonds is 7. The molecule has 2 bridgehead atoms. The van der Waals surface area contributed by atoms with Crippen molar-refractivity contribution in [3.05, 3.63) is 28.2 Å². The van der Waals surface area contributed by atoms with Gasteiger partial charge in [0.2, 0.25) is 11.8 Å². The summed E-state index contributed by atoms with van der Waals surface area (Å²) in [6, 6.07) is 5.00. The van der Waals surface area contributed by atoms with Crippen molar-refractivity contribution < 1.29 is 14.3 Å². The molecule has 3 rings (SSSR count). The third kappa shape index (κ3) is 5.27. The molecule has 5 nitrogen and oxygen atoms in total. The molecule has 3 atom stereocenters. The molecule has 0 saturated heterocycles. The molecular formula is C19H24Cl2N2O3.